The van der Waals surface area contributed by atoms with E-state index in [-0.39, 0.29) is 9.20 Å². The van der Waals surface area contributed by atoms with E-state index < -0.39 is 10.0 Å². The Labute approximate surface area is 135 Å². The van der Waals surface area contributed by atoms with Crippen molar-refractivity contribution < 1.29 is 8.42 Å². The number of nitrogens with one attached hydrogen (secondary N) is 1. The Balaban J connectivity index is 2.35. The molecule has 2 aromatic rings. The van der Waals surface area contributed by atoms with Crippen LogP contribution in [0.5, 0.6) is 0 Å². The molecule has 0 radical (unpaired) electrons. The second-order valence-corrected chi connectivity index (χ2v) is 8.36. The van der Waals surface area contributed by atoms with Crippen molar-refractivity contribution in [1.29, 1.82) is 0 Å². The largest absolute Gasteiger partial charge is 0.389 e. The summed E-state index contributed by atoms with van der Waals surface area (Å²) in [6.45, 7) is 1.89. The van der Waals surface area contributed by atoms with E-state index in [1.807, 2.05) is 13.0 Å². The topological polar surface area (TPSA) is 72.2 Å². The normalized spacial score (nSPS) is 11.3. The molecular formula is C12H11BrN2O2S3. The van der Waals surface area contributed by atoms with Gasteiger partial charge in [0.1, 0.15) is 9.20 Å². The summed E-state index contributed by atoms with van der Waals surface area (Å²) in [6, 6.07) is 8.53. The number of halogens is 1. The van der Waals surface area contributed by atoms with E-state index in [1.165, 1.54) is 6.07 Å². The van der Waals surface area contributed by atoms with Gasteiger partial charge in [0, 0.05) is 4.47 Å². The zero-order chi connectivity index (χ0) is 14.9. The Bertz CT molecular complexity index is 769. The number of hydrogen-bond acceptors (Lipinski definition) is 4. The average molecular weight is 391 g/mol. The average Bonchev–Trinajstić information content (AvgIpc) is 2.84. The fraction of sp³-hybridized carbons (Fsp3) is 0.0833. The molecule has 0 bridgehead atoms. The van der Waals surface area contributed by atoms with E-state index in [1.54, 1.807) is 18.2 Å². The number of thiocarbonyl (C=S) groups is 1. The Morgan fingerprint density at radius 2 is 2.05 bits per heavy atom. The van der Waals surface area contributed by atoms with Gasteiger partial charge in [-0.25, -0.2) is 8.42 Å². The molecule has 1 heterocycles. The van der Waals surface area contributed by atoms with Gasteiger partial charge in [0.05, 0.1) is 10.6 Å². The van der Waals surface area contributed by atoms with Crippen molar-refractivity contribution in [3.8, 4) is 0 Å². The lowest BCUT2D eigenvalue weighted by Gasteiger charge is -2.09. The number of hydrogen-bond donors (Lipinski definition) is 2. The van der Waals surface area contributed by atoms with Crippen molar-refractivity contribution >= 4 is 60.2 Å². The molecule has 2 rings (SSSR count). The van der Waals surface area contributed by atoms with Gasteiger partial charge >= 0.3 is 0 Å². The maximum absolute atomic E-state index is 12.3. The molecule has 0 saturated carbocycles. The third-order valence-corrected chi connectivity index (χ3v) is 6.47. The SMILES string of the molecule is Cc1ccc(Br)c(NS(=O)(=O)c2ccc(C(N)=S)s2)c1. The van der Waals surface area contributed by atoms with Crippen molar-refractivity contribution in [3.63, 3.8) is 0 Å². The van der Waals surface area contributed by atoms with Crippen LogP contribution in [0.15, 0.2) is 39.0 Å². The van der Waals surface area contributed by atoms with Crippen LogP contribution in [0.3, 0.4) is 0 Å². The third kappa shape index (κ3) is 3.38. The van der Waals surface area contributed by atoms with Crippen LogP contribution < -0.4 is 10.5 Å². The van der Waals surface area contributed by atoms with E-state index in [4.69, 9.17) is 18.0 Å². The van der Waals surface area contributed by atoms with Gasteiger partial charge < -0.3 is 5.73 Å². The minimum Gasteiger partial charge on any atom is -0.389 e. The maximum atomic E-state index is 12.3. The first-order valence-electron chi connectivity index (χ1n) is 5.48. The Morgan fingerprint density at radius 1 is 1.35 bits per heavy atom. The maximum Gasteiger partial charge on any atom is 0.271 e. The van der Waals surface area contributed by atoms with Crippen LogP contribution in [0, 0.1) is 6.92 Å². The second-order valence-electron chi connectivity index (χ2n) is 4.07. The molecule has 0 amide bonds. The predicted octanol–water partition coefficient (Wildman–Crippen LogP) is 3.25. The molecule has 8 heteroatoms. The third-order valence-electron chi connectivity index (χ3n) is 2.46. The molecule has 3 N–H and O–H groups in total. The van der Waals surface area contributed by atoms with Crippen molar-refractivity contribution in [3.05, 3.63) is 45.2 Å². The van der Waals surface area contributed by atoms with E-state index in [0.717, 1.165) is 16.9 Å². The summed E-state index contributed by atoms with van der Waals surface area (Å²) in [4.78, 5) is 0.761. The number of aryl methyl sites for hydroxylation is 1. The fourth-order valence-corrected chi connectivity index (χ4v) is 4.41. The van der Waals surface area contributed by atoms with Crippen LogP contribution in [0.25, 0.3) is 0 Å². The fourth-order valence-electron chi connectivity index (χ4n) is 1.51. The van der Waals surface area contributed by atoms with Gasteiger partial charge in [-0.15, -0.1) is 11.3 Å². The number of benzene rings is 1. The highest BCUT2D eigenvalue weighted by Crippen LogP contribution is 2.28. The molecule has 0 aliphatic carbocycles. The van der Waals surface area contributed by atoms with E-state index in [9.17, 15) is 8.42 Å². The Kier molecular flexibility index (Phi) is 4.48. The molecule has 0 spiro atoms. The van der Waals surface area contributed by atoms with Gasteiger partial charge in [0.15, 0.2) is 0 Å². The van der Waals surface area contributed by atoms with E-state index >= 15 is 0 Å². The molecule has 0 atom stereocenters. The van der Waals surface area contributed by atoms with Gasteiger partial charge in [0.25, 0.3) is 10.0 Å². The summed E-state index contributed by atoms with van der Waals surface area (Å²) in [7, 11) is -3.64. The van der Waals surface area contributed by atoms with Crippen LogP contribution in [0.2, 0.25) is 0 Å². The number of sulfonamides is 1. The Morgan fingerprint density at radius 3 is 2.65 bits per heavy atom. The molecule has 20 heavy (non-hydrogen) atoms. The van der Waals surface area contributed by atoms with E-state index in [0.29, 0.717) is 15.0 Å². The summed E-state index contributed by atoms with van der Waals surface area (Å²) in [5.41, 5.74) is 6.94. The molecule has 0 fully saturated rings. The second kappa shape index (κ2) is 5.80. The summed E-state index contributed by atoms with van der Waals surface area (Å²) in [5.74, 6) is 0. The summed E-state index contributed by atoms with van der Waals surface area (Å²) in [5, 5.41) is 0. The van der Waals surface area contributed by atoms with Crippen molar-refractivity contribution in [1.82, 2.24) is 0 Å². The summed E-state index contributed by atoms with van der Waals surface area (Å²) >= 11 is 9.20. The number of anilines is 1. The highest BCUT2D eigenvalue weighted by Gasteiger charge is 2.18. The lowest BCUT2D eigenvalue weighted by Crippen LogP contribution is -2.12. The molecular weight excluding hydrogens is 380 g/mol. The van der Waals surface area contributed by atoms with Crippen LogP contribution in [-0.2, 0) is 10.0 Å². The summed E-state index contributed by atoms with van der Waals surface area (Å²) in [6.07, 6.45) is 0. The van der Waals surface area contributed by atoms with Crippen molar-refractivity contribution in [2.45, 2.75) is 11.1 Å². The van der Waals surface area contributed by atoms with Gasteiger partial charge in [-0.05, 0) is 52.7 Å². The molecule has 0 aliphatic rings. The van der Waals surface area contributed by atoms with Crippen LogP contribution in [0.4, 0.5) is 5.69 Å². The quantitative estimate of drug-likeness (QED) is 0.785. The van der Waals surface area contributed by atoms with Crippen LogP contribution in [0.1, 0.15) is 10.4 Å². The number of nitrogens with two attached hydrogens (primary N) is 1. The Hall–Kier alpha value is -0.960. The molecule has 1 aromatic heterocycles. The van der Waals surface area contributed by atoms with Crippen LogP contribution in [-0.4, -0.2) is 13.4 Å². The lowest BCUT2D eigenvalue weighted by atomic mass is 10.2. The first kappa shape index (κ1) is 15.4. The number of rotatable bonds is 4. The van der Waals surface area contributed by atoms with Gasteiger partial charge in [0.2, 0.25) is 0 Å². The zero-order valence-corrected chi connectivity index (χ0v) is 14.4. The van der Waals surface area contributed by atoms with E-state index in [2.05, 4.69) is 20.7 Å². The highest BCUT2D eigenvalue weighted by atomic mass is 79.9. The lowest BCUT2D eigenvalue weighted by molar-refractivity contribution is 0.603. The molecule has 0 unspecified atom stereocenters. The van der Waals surface area contributed by atoms with Gasteiger partial charge in [-0.1, -0.05) is 18.3 Å². The molecule has 1 aromatic carbocycles. The number of thiophene rings is 1. The minimum absolute atomic E-state index is 0.175. The molecule has 4 nitrogen and oxygen atoms in total. The molecule has 0 saturated heterocycles. The van der Waals surface area contributed by atoms with Crippen molar-refractivity contribution in [2.24, 2.45) is 5.73 Å². The molecule has 106 valence electrons. The van der Waals surface area contributed by atoms with Gasteiger partial charge in [-0.2, -0.15) is 0 Å². The zero-order valence-electron chi connectivity index (χ0n) is 10.4. The smallest absolute Gasteiger partial charge is 0.271 e. The highest BCUT2D eigenvalue weighted by molar-refractivity contribution is 9.10. The minimum atomic E-state index is -3.64. The van der Waals surface area contributed by atoms with Gasteiger partial charge in [-0.3, -0.25) is 4.72 Å². The van der Waals surface area contributed by atoms with Crippen molar-refractivity contribution in [2.75, 3.05) is 4.72 Å². The monoisotopic (exact) mass is 390 g/mol. The first-order valence-corrected chi connectivity index (χ1v) is 8.98. The summed E-state index contributed by atoms with van der Waals surface area (Å²) < 4.78 is 28.0. The standard InChI is InChI=1S/C12H11BrN2O2S3/c1-7-2-3-8(13)9(6-7)15-20(16,17)11-5-4-10(19-11)12(14)18/h2-6,15H,1H3,(H2,14,18). The molecule has 0 aliphatic heterocycles. The van der Waals surface area contributed by atoms with Crippen LogP contribution >= 0.6 is 39.5 Å². The predicted molar refractivity (Wildman–Crippen MR) is 89.9 cm³/mol. The first-order chi connectivity index (χ1) is 9.29.